The second-order valence-electron chi connectivity index (χ2n) is 2.90. The molecule has 86 valence electrons. The first-order valence-corrected chi connectivity index (χ1v) is 5.01. The van der Waals surface area contributed by atoms with Crippen molar-refractivity contribution >= 4 is 34.8 Å². The molecule has 7 heteroatoms. The van der Waals surface area contributed by atoms with E-state index in [4.69, 9.17) is 33.7 Å². The quantitative estimate of drug-likeness (QED) is 0.841. The molecule has 0 aromatic heterocycles. The lowest BCUT2D eigenvalue weighted by molar-refractivity contribution is -0.115. The number of anilines is 1. The predicted molar refractivity (Wildman–Crippen MR) is 60.0 cm³/mol. The largest absolute Gasteiger partial charge is 0.323 e. The summed E-state index contributed by atoms with van der Waals surface area (Å²) >= 11 is 11.2. The third-order valence-electron chi connectivity index (χ3n) is 1.79. The molecule has 0 aliphatic carbocycles. The fraction of sp³-hybridized carbons (Fsp3) is 0.100. The average Bonchev–Trinajstić information content (AvgIpc) is 2.27. The van der Waals surface area contributed by atoms with Crippen LogP contribution in [0.2, 0.25) is 10.0 Å². The van der Waals surface area contributed by atoms with Gasteiger partial charge in [-0.2, -0.15) is 10.5 Å². The molecule has 1 N–H and O–H groups in total. The number of hydrogen-bond donors (Lipinski definition) is 1. The van der Waals surface area contributed by atoms with Gasteiger partial charge in [0.05, 0.1) is 21.8 Å². The number of hydrogen-bond acceptors (Lipinski definition) is 3. The molecule has 1 rings (SSSR count). The van der Waals surface area contributed by atoms with Gasteiger partial charge in [-0.3, -0.25) is 4.79 Å². The Bertz CT molecular complexity index is 560. The smallest absolute Gasteiger partial charge is 0.238 e. The third kappa shape index (κ3) is 2.85. The summed E-state index contributed by atoms with van der Waals surface area (Å²) < 4.78 is 13.4. The van der Waals surface area contributed by atoms with Crippen molar-refractivity contribution in [3.63, 3.8) is 0 Å². The van der Waals surface area contributed by atoms with Crippen molar-refractivity contribution in [3.05, 3.63) is 27.5 Å². The van der Waals surface area contributed by atoms with Gasteiger partial charge in [-0.1, -0.05) is 23.2 Å². The molecule has 0 saturated carbocycles. The van der Waals surface area contributed by atoms with Gasteiger partial charge in [0.25, 0.3) is 0 Å². The van der Waals surface area contributed by atoms with E-state index < -0.39 is 23.7 Å². The molecule has 1 aromatic rings. The molecule has 4 nitrogen and oxygen atoms in total. The molecular weight excluding hydrogens is 268 g/mol. The van der Waals surface area contributed by atoms with Crippen LogP contribution in [0.15, 0.2) is 6.07 Å². The highest BCUT2D eigenvalue weighted by Gasteiger charge is 2.18. The minimum absolute atomic E-state index is 0.0701. The van der Waals surface area contributed by atoms with Gasteiger partial charge < -0.3 is 5.32 Å². The Balaban J connectivity index is 3.25. The molecule has 0 aliphatic rings. The highest BCUT2D eigenvalue weighted by Crippen LogP contribution is 2.32. The number of nitrogens with one attached hydrogen (secondary N) is 1. The maximum Gasteiger partial charge on any atom is 0.238 e. The molecule has 0 bridgehead atoms. The zero-order valence-corrected chi connectivity index (χ0v) is 9.73. The Morgan fingerprint density at radius 1 is 1.41 bits per heavy atom. The van der Waals surface area contributed by atoms with Crippen LogP contribution in [-0.2, 0) is 4.79 Å². The van der Waals surface area contributed by atoms with Crippen molar-refractivity contribution in [3.8, 4) is 12.1 Å². The molecule has 1 amide bonds. The van der Waals surface area contributed by atoms with E-state index in [9.17, 15) is 9.18 Å². The van der Waals surface area contributed by atoms with E-state index in [1.54, 1.807) is 12.1 Å². The zero-order chi connectivity index (χ0) is 13.0. The van der Waals surface area contributed by atoms with E-state index >= 15 is 0 Å². The third-order valence-corrected chi connectivity index (χ3v) is 2.36. The molecule has 0 aliphatic heterocycles. The summed E-state index contributed by atoms with van der Waals surface area (Å²) in [6.45, 7) is 0. The Morgan fingerprint density at radius 3 is 2.59 bits per heavy atom. The molecule has 0 heterocycles. The van der Waals surface area contributed by atoms with Gasteiger partial charge in [0.2, 0.25) is 5.91 Å². The Kier molecular flexibility index (Phi) is 4.28. The van der Waals surface area contributed by atoms with Gasteiger partial charge in [0.15, 0.2) is 5.82 Å². The van der Waals surface area contributed by atoms with Crippen LogP contribution in [0.1, 0.15) is 12.0 Å². The van der Waals surface area contributed by atoms with Crippen molar-refractivity contribution in [2.24, 2.45) is 0 Å². The number of amides is 1. The van der Waals surface area contributed by atoms with Crippen molar-refractivity contribution in [1.29, 1.82) is 10.5 Å². The first kappa shape index (κ1) is 13.2. The van der Waals surface area contributed by atoms with E-state index in [1.807, 2.05) is 0 Å². The maximum atomic E-state index is 13.4. The molecule has 0 saturated heterocycles. The van der Waals surface area contributed by atoms with Gasteiger partial charge in [0.1, 0.15) is 18.1 Å². The van der Waals surface area contributed by atoms with Crippen LogP contribution in [0.3, 0.4) is 0 Å². The minimum atomic E-state index is -0.967. The minimum Gasteiger partial charge on any atom is -0.323 e. The van der Waals surface area contributed by atoms with Crippen LogP contribution in [0.4, 0.5) is 10.1 Å². The fourth-order valence-corrected chi connectivity index (χ4v) is 1.59. The number of nitrogens with zero attached hydrogens (tertiary/aromatic N) is 2. The van der Waals surface area contributed by atoms with E-state index in [1.165, 1.54) is 0 Å². The Hall–Kier alpha value is -1.82. The van der Waals surface area contributed by atoms with Crippen LogP contribution >= 0.6 is 23.2 Å². The lowest BCUT2D eigenvalue weighted by Gasteiger charge is -2.09. The lowest BCUT2D eigenvalue weighted by Crippen LogP contribution is -2.12. The SMILES string of the molecule is N#CCC(=O)Nc1c(Cl)cc(Cl)c(F)c1C#N. The number of halogens is 3. The molecular formula is C10H4Cl2FN3O. The van der Waals surface area contributed by atoms with Crippen LogP contribution in [-0.4, -0.2) is 5.91 Å². The second kappa shape index (κ2) is 5.49. The molecule has 17 heavy (non-hydrogen) atoms. The second-order valence-corrected chi connectivity index (χ2v) is 3.71. The maximum absolute atomic E-state index is 13.4. The monoisotopic (exact) mass is 271 g/mol. The van der Waals surface area contributed by atoms with Gasteiger partial charge in [0, 0.05) is 0 Å². The summed E-state index contributed by atoms with van der Waals surface area (Å²) in [6.07, 6.45) is -0.425. The molecule has 0 spiro atoms. The molecule has 0 radical (unpaired) electrons. The normalized spacial score (nSPS) is 9.24. The van der Waals surface area contributed by atoms with Crippen molar-refractivity contribution < 1.29 is 9.18 Å². The van der Waals surface area contributed by atoms with E-state index in [-0.39, 0.29) is 15.7 Å². The van der Waals surface area contributed by atoms with E-state index in [2.05, 4.69) is 5.32 Å². The summed E-state index contributed by atoms with van der Waals surface area (Å²) in [5, 5.41) is 18.9. The van der Waals surface area contributed by atoms with Gasteiger partial charge in [-0.05, 0) is 6.07 Å². The summed E-state index contributed by atoms with van der Waals surface area (Å²) in [5.74, 6) is -1.65. The number of carbonyl (C=O) groups is 1. The summed E-state index contributed by atoms with van der Waals surface area (Å²) in [4.78, 5) is 11.2. The van der Waals surface area contributed by atoms with Crippen molar-refractivity contribution in [2.75, 3.05) is 5.32 Å². The Morgan fingerprint density at radius 2 is 2.06 bits per heavy atom. The Labute approximate surface area is 106 Å². The van der Waals surface area contributed by atoms with Crippen LogP contribution < -0.4 is 5.32 Å². The van der Waals surface area contributed by atoms with Crippen molar-refractivity contribution in [2.45, 2.75) is 6.42 Å². The van der Waals surface area contributed by atoms with Gasteiger partial charge >= 0.3 is 0 Å². The van der Waals surface area contributed by atoms with E-state index in [0.717, 1.165) is 6.07 Å². The molecule has 0 fully saturated rings. The first-order valence-electron chi connectivity index (χ1n) is 4.25. The summed E-state index contributed by atoms with van der Waals surface area (Å²) in [5.41, 5.74) is -0.648. The summed E-state index contributed by atoms with van der Waals surface area (Å²) in [7, 11) is 0. The standard InChI is InChI=1S/C10H4Cl2FN3O/c11-6-3-7(12)10(5(4-15)9(6)13)16-8(17)1-2-14/h3H,1H2,(H,16,17). The highest BCUT2D eigenvalue weighted by molar-refractivity contribution is 6.37. The first-order chi connectivity index (χ1) is 8.01. The van der Waals surface area contributed by atoms with Gasteiger partial charge in [-0.25, -0.2) is 4.39 Å². The van der Waals surface area contributed by atoms with E-state index in [0.29, 0.717) is 0 Å². The topological polar surface area (TPSA) is 76.7 Å². The number of rotatable bonds is 2. The highest BCUT2D eigenvalue weighted by atomic mass is 35.5. The predicted octanol–water partition coefficient (Wildman–Crippen LogP) is 2.86. The fourth-order valence-electron chi connectivity index (χ4n) is 1.08. The van der Waals surface area contributed by atoms with Crippen LogP contribution in [0.5, 0.6) is 0 Å². The molecule has 0 unspecified atom stereocenters. The number of benzene rings is 1. The average molecular weight is 272 g/mol. The lowest BCUT2D eigenvalue weighted by atomic mass is 10.1. The number of nitriles is 2. The molecule has 1 aromatic carbocycles. The van der Waals surface area contributed by atoms with Crippen LogP contribution in [0.25, 0.3) is 0 Å². The molecule has 0 atom stereocenters. The zero-order valence-electron chi connectivity index (χ0n) is 8.22. The number of carbonyl (C=O) groups excluding carboxylic acids is 1. The van der Waals surface area contributed by atoms with Crippen LogP contribution in [0, 0.1) is 28.5 Å². The summed E-state index contributed by atoms with van der Waals surface area (Å²) in [6, 6.07) is 4.23. The van der Waals surface area contributed by atoms with Crippen molar-refractivity contribution in [1.82, 2.24) is 0 Å². The van der Waals surface area contributed by atoms with Gasteiger partial charge in [-0.15, -0.1) is 0 Å².